The maximum Gasteiger partial charge on any atom is 0.235 e. The summed E-state index contributed by atoms with van der Waals surface area (Å²) in [5.74, 6) is -0.872. The molecule has 0 saturated heterocycles. The Balaban J connectivity index is 2.74. The van der Waals surface area contributed by atoms with E-state index < -0.39 is 15.8 Å². The van der Waals surface area contributed by atoms with E-state index in [-0.39, 0.29) is 24.6 Å². The molecule has 0 aliphatic rings. The van der Waals surface area contributed by atoms with Crippen LogP contribution in [-0.2, 0) is 21.4 Å². The summed E-state index contributed by atoms with van der Waals surface area (Å²) < 4.78 is 38.0. The standard InChI is InChI=1S/C14H21FN2O3S/c1-3-4-9-16-14(18)11-17(21(2,19)20)10-12-7-5-6-8-13(12)15/h5-8H,3-4,9-11H2,1-2H3,(H,16,18). The Bertz CT molecular complexity index is 575. The number of amides is 1. The van der Waals surface area contributed by atoms with Gasteiger partial charge in [0.15, 0.2) is 0 Å². The van der Waals surface area contributed by atoms with Crippen LogP contribution >= 0.6 is 0 Å². The minimum atomic E-state index is -3.60. The molecule has 0 atom stereocenters. The highest BCUT2D eigenvalue weighted by Crippen LogP contribution is 2.12. The van der Waals surface area contributed by atoms with Gasteiger partial charge in [-0.25, -0.2) is 12.8 Å². The highest BCUT2D eigenvalue weighted by atomic mass is 32.2. The maximum absolute atomic E-state index is 13.6. The van der Waals surface area contributed by atoms with E-state index >= 15 is 0 Å². The summed E-state index contributed by atoms with van der Waals surface area (Å²) in [5.41, 5.74) is 0.240. The van der Waals surface area contributed by atoms with Crippen molar-refractivity contribution < 1.29 is 17.6 Å². The summed E-state index contributed by atoms with van der Waals surface area (Å²) in [6.07, 6.45) is 2.77. The van der Waals surface area contributed by atoms with Gasteiger partial charge in [0.25, 0.3) is 0 Å². The number of rotatable bonds is 8. The summed E-state index contributed by atoms with van der Waals surface area (Å²) in [6, 6.07) is 5.92. The average molecular weight is 316 g/mol. The van der Waals surface area contributed by atoms with Crippen LogP contribution in [0.4, 0.5) is 4.39 Å². The van der Waals surface area contributed by atoms with Gasteiger partial charge < -0.3 is 5.32 Å². The monoisotopic (exact) mass is 316 g/mol. The van der Waals surface area contributed by atoms with Gasteiger partial charge in [-0.1, -0.05) is 31.5 Å². The number of nitrogens with zero attached hydrogens (tertiary/aromatic N) is 1. The number of unbranched alkanes of at least 4 members (excludes halogenated alkanes) is 1. The van der Waals surface area contributed by atoms with Gasteiger partial charge in [-0.3, -0.25) is 4.79 Å². The van der Waals surface area contributed by atoms with Crippen LogP contribution in [0, 0.1) is 5.82 Å². The Labute approximate surface area is 125 Å². The molecule has 0 saturated carbocycles. The van der Waals surface area contributed by atoms with Gasteiger partial charge in [-0.15, -0.1) is 0 Å². The molecule has 7 heteroatoms. The van der Waals surface area contributed by atoms with Crippen molar-refractivity contribution in [3.05, 3.63) is 35.6 Å². The molecular formula is C14H21FN2O3S. The van der Waals surface area contributed by atoms with Gasteiger partial charge in [0.1, 0.15) is 5.82 Å². The van der Waals surface area contributed by atoms with Crippen LogP contribution in [0.1, 0.15) is 25.3 Å². The van der Waals surface area contributed by atoms with Gasteiger partial charge in [0.05, 0.1) is 12.8 Å². The highest BCUT2D eigenvalue weighted by Gasteiger charge is 2.21. The van der Waals surface area contributed by atoms with Gasteiger partial charge in [0, 0.05) is 18.7 Å². The number of carbonyl (C=O) groups is 1. The fourth-order valence-corrected chi connectivity index (χ4v) is 2.45. The van der Waals surface area contributed by atoms with Gasteiger partial charge in [-0.2, -0.15) is 4.31 Å². The molecule has 0 fully saturated rings. The number of sulfonamides is 1. The van der Waals surface area contributed by atoms with Crippen molar-refractivity contribution in [1.82, 2.24) is 9.62 Å². The fraction of sp³-hybridized carbons (Fsp3) is 0.500. The normalized spacial score (nSPS) is 11.6. The third-order valence-corrected chi connectivity index (χ3v) is 4.14. The molecule has 1 aromatic rings. The van der Waals surface area contributed by atoms with E-state index in [0.29, 0.717) is 6.54 Å². The van der Waals surface area contributed by atoms with Crippen molar-refractivity contribution in [2.75, 3.05) is 19.3 Å². The molecule has 0 aliphatic heterocycles. The van der Waals surface area contributed by atoms with Crippen LogP contribution < -0.4 is 5.32 Å². The second-order valence-corrected chi connectivity index (χ2v) is 6.81. The predicted molar refractivity (Wildman–Crippen MR) is 79.6 cm³/mol. The Morgan fingerprint density at radius 3 is 2.57 bits per heavy atom. The molecule has 0 aliphatic carbocycles. The smallest absolute Gasteiger partial charge is 0.235 e. The number of hydrogen-bond acceptors (Lipinski definition) is 3. The van der Waals surface area contributed by atoms with Crippen LogP contribution in [0.2, 0.25) is 0 Å². The van der Waals surface area contributed by atoms with Crippen LogP contribution in [0.5, 0.6) is 0 Å². The number of carbonyl (C=O) groups excluding carboxylic acids is 1. The molecule has 1 rings (SSSR count). The summed E-state index contributed by atoms with van der Waals surface area (Å²) >= 11 is 0. The molecule has 21 heavy (non-hydrogen) atoms. The molecule has 1 amide bonds. The van der Waals surface area contributed by atoms with Crippen LogP contribution in [0.3, 0.4) is 0 Å². The number of halogens is 1. The summed E-state index contributed by atoms with van der Waals surface area (Å²) in [7, 11) is -3.60. The van der Waals surface area contributed by atoms with Crippen molar-refractivity contribution in [1.29, 1.82) is 0 Å². The van der Waals surface area contributed by atoms with E-state index in [1.54, 1.807) is 6.07 Å². The third kappa shape index (κ3) is 6.22. The average Bonchev–Trinajstić information content (AvgIpc) is 2.39. The lowest BCUT2D eigenvalue weighted by atomic mass is 10.2. The Hall–Kier alpha value is -1.47. The van der Waals surface area contributed by atoms with Crippen molar-refractivity contribution in [3.63, 3.8) is 0 Å². The van der Waals surface area contributed by atoms with Gasteiger partial charge in [-0.05, 0) is 12.5 Å². The van der Waals surface area contributed by atoms with Gasteiger partial charge in [0.2, 0.25) is 15.9 Å². The van der Waals surface area contributed by atoms with Gasteiger partial charge >= 0.3 is 0 Å². The SMILES string of the molecule is CCCCNC(=O)CN(Cc1ccccc1F)S(C)(=O)=O. The molecule has 118 valence electrons. The minimum Gasteiger partial charge on any atom is -0.355 e. The second kappa shape index (κ2) is 8.09. The highest BCUT2D eigenvalue weighted by molar-refractivity contribution is 7.88. The predicted octanol–water partition coefficient (Wildman–Crippen LogP) is 1.50. The lowest BCUT2D eigenvalue weighted by molar-refractivity contribution is -0.121. The molecule has 0 aromatic heterocycles. The van der Waals surface area contributed by atoms with Crippen molar-refractivity contribution >= 4 is 15.9 Å². The molecule has 0 bridgehead atoms. The van der Waals surface area contributed by atoms with Crippen LogP contribution in [-0.4, -0.2) is 38.0 Å². The first-order valence-corrected chi connectivity index (χ1v) is 8.64. The molecule has 0 radical (unpaired) electrons. The molecule has 1 aromatic carbocycles. The number of nitrogens with one attached hydrogen (secondary N) is 1. The maximum atomic E-state index is 13.6. The summed E-state index contributed by atoms with van der Waals surface area (Å²) in [6.45, 7) is 2.03. The zero-order valence-electron chi connectivity index (χ0n) is 12.3. The number of benzene rings is 1. The largest absolute Gasteiger partial charge is 0.355 e. The summed E-state index contributed by atoms with van der Waals surface area (Å²) in [5, 5.41) is 2.65. The Morgan fingerprint density at radius 2 is 2.00 bits per heavy atom. The lowest BCUT2D eigenvalue weighted by Gasteiger charge is -2.19. The molecule has 0 heterocycles. The third-order valence-electron chi connectivity index (χ3n) is 2.95. The first kappa shape index (κ1) is 17.6. The zero-order chi connectivity index (χ0) is 15.9. The summed E-state index contributed by atoms with van der Waals surface area (Å²) in [4.78, 5) is 11.7. The lowest BCUT2D eigenvalue weighted by Crippen LogP contribution is -2.40. The van der Waals surface area contributed by atoms with E-state index in [1.807, 2.05) is 6.92 Å². The first-order valence-electron chi connectivity index (χ1n) is 6.79. The van der Waals surface area contributed by atoms with E-state index in [1.165, 1.54) is 18.2 Å². The molecule has 5 nitrogen and oxygen atoms in total. The zero-order valence-corrected chi connectivity index (χ0v) is 13.1. The minimum absolute atomic E-state index is 0.160. The van der Waals surface area contributed by atoms with Crippen LogP contribution in [0.15, 0.2) is 24.3 Å². The van der Waals surface area contributed by atoms with Crippen molar-refractivity contribution in [2.45, 2.75) is 26.3 Å². The van der Waals surface area contributed by atoms with E-state index in [2.05, 4.69) is 5.32 Å². The second-order valence-electron chi connectivity index (χ2n) is 4.83. The van der Waals surface area contributed by atoms with Crippen LogP contribution in [0.25, 0.3) is 0 Å². The Morgan fingerprint density at radius 1 is 1.33 bits per heavy atom. The molecular weight excluding hydrogens is 295 g/mol. The van der Waals surface area contributed by atoms with E-state index in [4.69, 9.17) is 0 Å². The fourth-order valence-electron chi connectivity index (χ4n) is 1.73. The molecule has 0 spiro atoms. The first-order chi connectivity index (χ1) is 9.84. The van der Waals surface area contributed by atoms with E-state index in [9.17, 15) is 17.6 Å². The van der Waals surface area contributed by atoms with E-state index in [0.717, 1.165) is 23.4 Å². The van der Waals surface area contributed by atoms with Crippen molar-refractivity contribution in [2.24, 2.45) is 0 Å². The quantitative estimate of drug-likeness (QED) is 0.739. The van der Waals surface area contributed by atoms with Crippen molar-refractivity contribution in [3.8, 4) is 0 Å². The number of hydrogen-bond donors (Lipinski definition) is 1. The molecule has 0 unspecified atom stereocenters. The molecule has 1 N–H and O–H groups in total. The topological polar surface area (TPSA) is 66.5 Å². The Kier molecular flexibility index (Phi) is 6.77.